The Kier molecular flexibility index (Phi) is 1.47. The summed E-state index contributed by atoms with van der Waals surface area (Å²) in [7, 11) is 0. The zero-order valence-electron chi connectivity index (χ0n) is 8.31. The van der Waals surface area contributed by atoms with Crippen LogP contribution in [-0.4, -0.2) is 5.78 Å². The molecule has 0 aromatic rings. The molecule has 0 amide bonds. The summed E-state index contributed by atoms with van der Waals surface area (Å²) in [5.41, 5.74) is 0.468. The molecule has 2 aliphatic carbocycles. The maximum Gasteiger partial charge on any atom is 0.139 e. The molecule has 2 fully saturated rings. The zero-order chi connectivity index (χ0) is 8.98. The van der Waals surface area contributed by atoms with E-state index in [1.165, 1.54) is 6.42 Å². The van der Waals surface area contributed by atoms with E-state index in [4.69, 9.17) is 0 Å². The lowest BCUT2D eigenvalue weighted by Gasteiger charge is -2.29. The highest BCUT2D eigenvalue weighted by Gasteiger charge is 2.58. The van der Waals surface area contributed by atoms with Crippen LogP contribution in [0, 0.1) is 16.7 Å². The minimum absolute atomic E-state index is 0.0920. The molecule has 2 aliphatic rings. The van der Waals surface area contributed by atoms with Crippen molar-refractivity contribution in [2.45, 2.75) is 46.5 Å². The standard InChI is InChI=1S/C11H18O/c1-8(2)11-5-4-10(3,7-11)6-9(11)12/h8H,4-7H2,1-3H3. The van der Waals surface area contributed by atoms with E-state index in [1.54, 1.807) is 0 Å². The lowest BCUT2D eigenvalue weighted by Crippen LogP contribution is -2.30. The number of fused-ring (bicyclic) bond motifs is 2. The fraction of sp³-hybridized carbons (Fsp3) is 0.909. The minimum Gasteiger partial charge on any atom is -0.299 e. The molecule has 0 aromatic heterocycles. The smallest absolute Gasteiger partial charge is 0.139 e. The Hall–Kier alpha value is -0.330. The van der Waals surface area contributed by atoms with Crippen LogP contribution in [0.4, 0.5) is 0 Å². The van der Waals surface area contributed by atoms with Gasteiger partial charge in [-0.1, -0.05) is 20.8 Å². The summed E-state index contributed by atoms with van der Waals surface area (Å²) in [6, 6.07) is 0. The average molecular weight is 166 g/mol. The maximum absolute atomic E-state index is 11.8. The van der Waals surface area contributed by atoms with Crippen molar-refractivity contribution < 1.29 is 4.79 Å². The molecular formula is C11H18O. The van der Waals surface area contributed by atoms with Crippen LogP contribution in [0.5, 0.6) is 0 Å². The molecule has 0 aliphatic heterocycles. The zero-order valence-corrected chi connectivity index (χ0v) is 8.31. The molecule has 0 aromatic carbocycles. The largest absolute Gasteiger partial charge is 0.299 e. The van der Waals surface area contributed by atoms with Crippen molar-refractivity contribution in [1.82, 2.24) is 0 Å². The van der Waals surface area contributed by atoms with Gasteiger partial charge in [0.05, 0.1) is 0 Å². The van der Waals surface area contributed by atoms with Gasteiger partial charge in [-0.25, -0.2) is 0 Å². The van der Waals surface area contributed by atoms with Gasteiger partial charge in [-0.05, 0) is 30.6 Å². The average Bonchev–Trinajstić information content (AvgIpc) is 2.39. The monoisotopic (exact) mass is 166 g/mol. The third-order valence-electron chi connectivity index (χ3n) is 4.16. The van der Waals surface area contributed by atoms with Gasteiger partial charge in [-0.15, -0.1) is 0 Å². The second-order valence-corrected chi connectivity index (χ2v) is 5.40. The Labute approximate surface area is 74.5 Å². The van der Waals surface area contributed by atoms with E-state index < -0.39 is 0 Å². The Balaban J connectivity index is 2.34. The first-order valence-corrected chi connectivity index (χ1v) is 5.02. The van der Waals surface area contributed by atoms with E-state index in [2.05, 4.69) is 20.8 Å². The number of carbonyl (C=O) groups is 1. The van der Waals surface area contributed by atoms with E-state index >= 15 is 0 Å². The van der Waals surface area contributed by atoms with Crippen molar-refractivity contribution in [2.75, 3.05) is 0 Å². The van der Waals surface area contributed by atoms with Crippen molar-refractivity contribution in [3.8, 4) is 0 Å². The number of rotatable bonds is 1. The van der Waals surface area contributed by atoms with E-state index in [9.17, 15) is 4.79 Å². The predicted octanol–water partition coefficient (Wildman–Crippen LogP) is 2.79. The molecule has 0 heterocycles. The van der Waals surface area contributed by atoms with Crippen molar-refractivity contribution >= 4 is 5.78 Å². The summed E-state index contributed by atoms with van der Waals surface area (Å²) in [5, 5.41) is 0. The van der Waals surface area contributed by atoms with Gasteiger partial charge in [-0.3, -0.25) is 4.79 Å². The second-order valence-electron chi connectivity index (χ2n) is 5.40. The summed E-state index contributed by atoms with van der Waals surface area (Å²) in [6.45, 7) is 6.69. The molecule has 2 bridgehead atoms. The second kappa shape index (κ2) is 2.12. The lowest BCUT2D eigenvalue weighted by molar-refractivity contribution is -0.129. The van der Waals surface area contributed by atoms with Crippen LogP contribution in [-0.2, 0) is 4.79 Å². The summed E-state index contributed by atoms with van der Waals surface area (Å²) in [5.74, 6) is 1.10. The molecule has 0 saturated heterocycles. The first-order valence-electron chi connectivity index (χ1n) is 5.02. The Bertz CT molecular complexity index is 231. The maximum atomic E-state index is 11.8. The van der Waals surface area contributed by atoms with E-state index in [1.807, 2.05) is 0 Å². The number of hydrogen-bond donors (Lipinski definition) is 0. The van der Waals surface area contributed by atoms with Gasteiger partial charge >= 0.3 is 0 Å². The van der Waals surface area contributed by atoms with Crippen LogP contribution in [0.2, 0.25) is 0 Å². The van der Waals surface area contributed by atoms with E-state index in [0.29, 0.717) is 17.1 Å². The van der Waals surface area contributed by atoms with Gasteiger partial charge in [0.25, 0.3) is 0 Å². The van der Waals surface area contributed by atoms with Crippen molar-refractivity contribution in [1.29, 1.82) is 0 Å². The Morgan fingerprint density at radius 2 is 2.00 bits per heavy atom. The first-order chi connectivity index (χ1) is 5.49. The van der Waals surface area contributed by atoms with Gasteiger partial charge in [-0.2, -0.15) is 0 Å². The normalized spacial score (nSPS) is 46.2. The van der Waals surface area contributed by atoms with Gasteiger partial charge < -0.3 is 0 Å². The molecule has 1 heteroatoms. The van der Waals surface area contributed by atoms with Crippen LogP contribution in [0.3, 0.4) is 0 Å². The molecule has 0 radical (unpaired) electrons. The molecule has 0 spiro atoms. The topological polar surface area (TPSA) is 17.1 Å². The SMILES string of the molecule is CC(C)C12CCC(C)(CC1=O)C2. The van der Waals surface area contributed by atoms with E-state index in [0.717, 1.165) is 19.3 Å². The lowest BCUT2D eigenvalue weighted by atomic mass is 9.74. The first kappa shape index (κ1) is 8.28. The molecule has 2 unspecified atom stereocenters. The molecular weight excluding hydrogens is 148 g/mol. The van der Waals surface area contributed by atoms with Gasteiger partial charge in [0.15, 0.2) is 0 Å². The third kappa shape index (κ3) is 0.826. The van der Waals surface area contributed by atoms with Crippen LogP contribution >= 0.6 is 0 Å². The number of hydrogen-bond acceptors (Lipinski definition) is 1. The summed E-state index contributed by atoms with van der Waals surface area (Å²) in [6.07, 6.45) is 4.44. The molecule has 2 rings (SSSR count). The molecule has 68 valence electrons. The number of Topliss-reactive ketones (excluding diaryl/α,β-unsaturated/α-hetero) is 1. The Morgan fingerprint density at radius 3 is 2.25 bits per heavy atom. The summed E-state index contributed by atoms with van der Waals surface area (Å²) < 4.78 is 0. The molecule has 2 saturated carbocycles. The quantitative estimate of drug-likeness (QED) is 0.585. The van der Waals surface area contributed by atoms with E-state index in [-0.39, 0.29) is 5.41 Å². The minimum atomic E-state index is 0.0920. The van der Waals surface area contributed by atoms with Crippen molar-refractivity contribution in [2.24, 2.45) is 16.7 Å². The highest BCUT2D eigenvalue weighted by atomic mass is 16.1. The highest BCUT2D eigenvalue weighted by Crippen LogP contribution is 2.62. The van der Waals surface area contributed by atoms with Crippen LogP contribution in [0.25, 0.3) is 0 Å². The molecule has 12 heavy (non-hydrogen) atoms. The molecule has 0 N–H and O–H groups in total. The predicted molar refractivity (Wildman–Crippen MR) is 48.9 cm³/mol. The van der Waals surface area contributed by atoms with Gasteiger partial charge in [0.2, 0.25) is 0 Å². The third-order valence-corrected chi connectivity index (χ3v) is 4.16. The van der Waals surface area contributed by atoms with Crippen LogP contribution < -0.4 is 0 Å². The van der Waals surface area contributed by atoms with Crippen molar-refractivity contribution in [3.63, 3.8) is 0 Å². The van der Waals surface area contributed by atoms with Gasteiger partial charge in [0.1, 0.15) is 5.78 Å². The Morgan fingerprint density at radius 1 is 1.33 bits per heavy atom. The van der Waals surface area contributed by atoms with Crippen molar-refractivity contribution in [3.05, 3.63) is 0 Å². The number of ketones is 1. The summed E-state index contributed by atoms with van der Waals surface area (Å²) in [4.78, 5) is 11.8. The fourth-order valence-electron chi connectivity index (χ4n) is 3.23. The summed E-state index contributed by atoms with van der Waals surface area (Å²) >= 11 is 0. The fourth-order valence-corrected chi connectivity index (χ4v) is 3.23. The highest BCUT2D eigenvalue weighted by molar-refractivity contribution is 5.89. The van der Waals surface area contributed by atoms with Gasteiger partial charge in [0, 0.05) is 11.8 Å². The molecule has 2 atom stereocenters. The van der Waals surface area contributed by atoms with Crippen LogP contribution in [0.1, 0.15) is 46.5 Å². The van der Waals surface area contributed by atoms with Crippen LogP contribution in [0.15, 0.2) is 0 Å². The number of carbonyl (C=O) groups excluding carboxylic acids is 1. The molecule has 1 nitrogen and oxygen atoms in total.